The second-order valence-corrected chi connectivity index (χ2v) is 6.48. The zero-order valence-electron chi connectivity index (χ0n) is 11.3. The number of rotatable bonds is 8. The van der Waals surface area contributed by atoms with Gasteiger partial charge in [-0.25, -0.2) is 0 Å². The lowest BCUT2D eigenvalue weighted by Crippen LogP contribution is -2.18. The fraction of sp³-hybridized carbons (Fsp3) is 0.583. The highest BCUT2D eigenvalue weighted by Crippen LogP contribution is 2.61. The van der Waals surface area contributed by atoms with Crippen LogP contribution in [-0.2, 0) is 23.1 Å². The molecule has 1 aromatic rings. The third kappa shape index (κ3) is 4.14. The Bertz CT molecular complexity index is 421. The van der Waals surface area contributed by atoms with Crippen LogP contribution in [0, 0.1) is 0 Å². The van der Waals surface area contributed by atoms with Crippen molar-refractivity contribution in [2.45, 2.75) is 26.4 Å². The van der Waals surface area contributed by atoms with E-state index in [1.807, 2.05) is 5.38 Å². The molecule has 1 atom stereocenters. The van der Waals surface area contributed by atoms with Gasteiger partial charge >= 0.3 is 13.6 Å². The van der Waals surface area contributed by atoms with Crippen LogP contribution in [0.5, 0.6) is 0 Å². The summed E-state index contributed by atoms with van der Waals surface area (Å²) in [6.45, 7) is 5.75. The highest BCUT2D eigenvalue weighted by Gasteiger charge is 2.43. The first-order chi connectivity index (χ1) is 9.09. The molecule has 0 aromatic carbocycles. The molecule has 7 heteroatoms. The van der Waals surface area contributed by atoms with Crippen molar-refractivity contribution in [1.29, 1.82) is 0 Å². The number of esters is 1. The second-order valence-electron chi connectivity index (χ2n) is 3.59. The van der Waals surface area contributed by atoms with Gasteiger partial charge in [-0.2, -0.15) is 11.3 Å². The number of ether oxygens (including phenoxy) is 1. The van der Waals surface area contributed by atoms with Crippen LogP contribution in [0.25, 0.3) is 0 Å². The van der Waals surface area contributed by atoms with E-state index in [0.29, 0.717) is 5.56 Å². The molecule has 19 heavy (non-hydrogen) atoms. The third-order valence-electron chi connectivity index (χ3n) is 2.30. The van der Waals surface area contributed by atoms with Gasteiger partial charge in [-0.15, -0.1) is 0 Å². The van der Waals surface area contributed by atoms with Crippen LogP contribution >= 0.6 is 18.9 Å². The minimum Gasteiger partial charge on any atom is -0.465 e. The van der Waals surface area contributed by atoms with Crippen molar-refractivity contribution in [3.8, 4) is 0 Å². The molecule has 0 N–H and O–H groups in total. The molecule has 0 aliphatic carbocycles. The Balaban J connectivity index is 3.13. The third-order valence-corrected chi connectivity index (χ3v) is 5.38. The summed E-state index contributed by atoms with van der Waals surface area (Å²) in [4.78, 5) is 12.1. The van der Waals surface area contributed by atoms with E-state index >= 15 is 0 Å². The highest BCUT2D eigenvalue weighted by atomic mass is 32.1. The average Bonchev–Trinajstić information content (AvgIpc) is 2.83. The van der Waals surface area contributed by atoms with Gasteiger partial charge in [-0.1, -0.05) is 0 Å². The first kappa shape index (κ1) is 16.4. The van der Waals surface area contributed by atoms with Crippen molar-refractivity contribution in [1.82, 2.24) is 0 Å². The SMILES string of the molecule is CCOC(=O)[C@@H](c1ccsc1)P(=O)(OCC)OCC. The van der Waals surface area contributed by atoms with Gasteiger partial charge in [0.15, 0.2) is 5.66 Å². The molecule has 0 saturated heterocycles. The van der Waals surface area contributed by atoms with Gasteiger partial charge in [0, 0.05) is 0 Å². The maximum absolute atomic E-state index is 12.8. The summed E-state index contributed by atoms with van der Waals surface area (Å²) in [6.07, 6.45) is 0. The molecule has 0 spiro atoms. The molecule has 0 amide bonds. The zero-order valence-corrected chi connectivity index (χ0v) is 13.0. The van der Waals surface area contributed by atoms with Gasteiger partial charge in [0.25, 0.3) is 0 Å². The first-order valence-electron chi connectivity index (χ1n) is 6.16. The number of carbonyl (C=O) groups is 1. The molecule has 1 heterocycles. The largest absolute Gasteiger partial charge is 0.465 e. The maximum Gasteiger partial charge on any atom is 0.349 e. The fourth-order valence-corrected chi connectivity index (χ4v) is 4.38. The van der Waals surface area contributed by atoms with Crippen molar-refractivity contribution < 1.29 is 23.1 Å². The minimum atomic E-state index is -3.57. The second kappa shape index (κ2) is 7.80. The Morgan fingerprint density at radius 1 is 1.26 bits per heavy atom. The highest BCUT2D eigenvalue weighted by molar-refractivity contribution is 7.55. The monoisotopic (exact) mass is 306 g/mol. The van der Waals surface area contributed by atoms with E-state index in [1.165, 1.54) is 11.3 Å². The van der Waals surface area contributed by atoms with E-state index in [9.17, 15) is 9.36 Å². The summed E-state index contributed by atoms with van der Waals surface area (Å²) in [5.74, 6) is -0.578. The summed E-state index contributed by atoms with van der Waals surface area (Å²) < 4.78 is 28.3. The zero-order chi connectivity index (χ0) is 14.3. The van der Waals surface area contributed by atoms with Crippen LogP contribution in [0.4, 0.5) is 0 Å². The molecule has 0 aliphatic heterocycles. The van der Waals surface area contributed by atoms with Crippen LogP contribution in [-0.4, -0.2) is 25.8 Å². The van der Waals surface area contributed by atoms with E-state index in [-0.39, 0.29) is 19.8 Å². The van der Waals surface area contributed by atoms with Gasteiger partial charge in [0.1, 0.15) is 0 Å². The summed E-state index contributed by atoms with van der Waals surface area (Å²) in [6, 6.07) is 1.73. The number of carbonyl (C=O) groups excluding carboxylic acids is 1. The lowest BCUT2D eigenvalue weighted by molar-refractivity contribution is -0.143. The predicted molar refractivity (Wildman–Crippen MR) is 74.6 cm³/mol. The number of hydrogen-bond donors (Lipinski definition) is 0. The molecule has 0 radical (unpaired) electrons. The van der Waals surface area contributed by atoms with Crippen LogP contribution in [0.3, 0.4) is 0 Å². The van der Waals surface area contributed by atoms with E-state index < -0.39 is 19.2 Å². The quantitative estimate of drug-likeness (QED) is 0.542. The smallest absolute Gasteiger partial charge is 0.349 e. The average molecular weight is 306 g/mol. The van der Waals surface area contributed by atoms with Crippen LogP contribution in [0.2, 0.25) is 0 Å². The minimum absolute atomic E-state index is 0.206. The molecule has 0 saturated carbocycles. The Labute approximate surface area is 117 Å². The number of thiophene rings is 1. The normalized spacial score (nSPS) is 13.2. The molecule has 5 nitrogen and oxygen atoms in total. The van der Waals surface area contributed by atoms with Crippen molar-refractivity contribution in [3.63, 3.8) is 0 Å². The van der Waals surface area contributed by atoms with Gasteiger partial charge in [0.05, 0.1) is 19.8 Å². The van der Waals surface area contributed by atoms with Gasteiger partial charge < -0.3 is 13.8 Å². The molecule has 108 valence electrons. The molecular formula is C12H19O5PS. The van der Waals surface area contributed by atoms with Crippen molar-refractivity contribution in [3.05, 3.63) is 22.4 Å². The fourth-order valence-electron chi connectivity index (χ4n) is 1.65. The van der Waals surface area contributed by atoms with E-state index in [0.717, 1.165) is 0 Å². The number of hydrogen-bond acceptors (Lipinski definition) is 6. The molecular weight excluding hydrogens is 287 g/mol. The van der Waals surface area contributed by atoms with Crippen LogP contribution in [0.1, 0.15) is 32.0 Å². The Kier molecular flexibility index (Phi) is 6.72. The van der Waals surface area contributed by atoms with Gasteiger partial charge in [0.2, 0.25) is 0 Å². The maximum atomic E-state index is 12.8. The van der Waals surface area contributed by atoms with Crippen molar-refractivity contribution in [2.75, 3.05) is 19.8 Å². The Morgan fingerprint density at radius 3 is 2.32 bits per heavy atom. The molecule has 1 aromatic heterocycles. The lowest BCUT2D eigenvalue weighted by atomic mass is 10.2. The van der Waals surface area contributed by atoms with E-state index in [1.54, 1.807) is 32.2 Å². The lowest BCUT2D eigenvalue weighted by Gasteiger charge is -2.24. The topological polar surface area (TPSA) is 61.8 Å². The summed E-state index contributed by atoms with van der Waals surface area (Å²) in [7, 11) is -3.57. The summed E-state index contributed by atoms with van der Waals surface area (Å²) in [5.41, 5.74) is -0.410. The predicted octanol–water partition coefficient (Wildman–Crippen LogP) is 3.62. The Hall–Kier alpha value is -0.680. The van der Waals surface area contributed by atoms with Crippen LogP contribution < -0.4 is 0 Å². The Morgan fingerprint density at radius 2 is 1.89 bits per heavy atom. The van der Waals surface area contributed by atoms with Crippen LogP contribution in [0.15, 0.2) is 16.8 Å². The van der Waals surface area contributed by atoms with Gasteiger partial charge in [-0.3, -0.25) is 9.36 Å². The first-order valence-corrected chi connectivity index (χ1v) is 8.72. The van der Waals surface area contributed by atoms with Crippen molar-refractivity contribution >= 4 is 24.9 Å². The van der Waals surface area contributed by atoms with E-state index in [2.05, 4.69) is 0 Å². The summed E-state index contributed by atoms with van der Waals surface area (Å²) >= 11 is 1.42. The van der Waals surface area contributed by atoms with E-state index in [4.69, 9.17) is 13.8 Å². The van der Waals surface area contributed by atoms with Gasteiger partial charge in [-0.05, 0) is 43.2 Å². The molecule has 1 rings (SSSR count). The van der Waals surface area contributed by atoms with Crippen molar-refractivity contribution in [2.24, 2.45) is 0 Å². The molecule has 0 unspecified atom stereocenters. The molecule has 0 bridgehead atoms. The summed E-state index contributed by atoms with van der Waals surface area (Å²) in [5, 5.41) is 3.57. The molecule has 0 fully saturated rings. The standard InChI is InChI=1S/C12H19O5PS/c1-4-15-12(13)11(10-7-8-19-9-10)18(14,16-5-2)17-6-3/h7-9,11H,4-6H2,1-3H3/t11-/m1/s1. The molecule has 0 aliphatic rings.